The van der Waals surface area contributed by atoms with Crippen molar-refractivity contribution >= 4 is 5.69 Å². The van der Waals surface area contributed by atoms with Crippen LogP contribution in [0.25, 0.3) is 4.85 Å². The van der Waals surface area contributed by atoms with Crippen molar-refractivity contribution in [3.63, 3.8) is 0 Å². The molecule has 1 rings (SSSR count). The Morgan fingerprint density at radius 2 is 2.05 bits per heavy atom. The van der Waals surface area contributed by atoms with Crippen LogP contribution in [0.1, 0.15) is 13.3 Å². The van der Waals surface area contributed by atoms with Crippen molar-refractivity contribution in [1.82, 2.24) is 0 Å². The molecule has 1 aromatic rings. The number of hydrogen-bond donors (Lipinski definition) is 1. The van der Waals surface area contributed by atoms with Crippen LogP contribution in [0.3, 0.4) is 0 Å². The molecule has 1 N–H and O–H groups in total. The molecule has 0 aliphatic carbocycles. The van der Waals surface area contributed by atoms with Gasteiger partial charge in [0.05, 0.1) is 31.7 Å². The molecule has 0 heterocycles. The van der Waals surface area contributed by atoms with Crippen LogP contribution in [-0.4, -0.2) is 6.61 Å². The Hall–Kier alpha value is -2.97. The summed E-state index contributed by atoms with van der Waals surface area (Å²) in [5.74, 6) is 0.740. The molecule has 0 fully saturated rings. The Balaban J connectivity index is 2.93. The minimum absolute atomic E-state index is 0.0154. The highest BCUT2D eigenvalue weighted by molar-refractivity contribution is 5.54. The first-order valence-corrected chi connectivity index (χ1v) is 5.62. The molecule has 0 saturated carbocycles. The second-order valence-electron chi connectivity index (χ2n) is 3.47. The maximum Gasteiger partial charge on any atom is 0.281 e. The van der Waals surface area contributed by atoms with Crippen LogP contribution in [0.5, 0.6) is 5.75 Å². The second-order valence-corrected chi connectivity index (χ2v) is 3.47. The monoisotopic (exact) mass is 252 g/mol. The first-order chi connectivity index (χ1) is 9.24. The van der Waals surface area contributed by atoms with Gasteiger partial charge in [-0.15, -0.1) is 0 Å². The minimum atomic E-state index is -0.101. The van der Waals surface area contributed by atoms with Crippen molar-refractivity contribution in [2.24, 2.45) is 0 Å². The summed E-state index contributed by atoms with van der Waals surface area (Å²) in [5, 5.41) is 20.5. The zero-order valence-electron chi connectivity index (χ0n) is 10.5. The minimum Gasteiger partial charge on any atom is -0.494 e. The lowest BCUT2D eigenvalue weighted by Crippen LogP contribution is -2.01. The molecule has 0 spiro atoms. The van der Waals surface area contributed by atoms with Crippen LogP contribution in [0.4, 0.5) is 5.69 Å². The van der Waals surface area contributed by atoms with Crippen LogP contribution in [0.2, 0.25) is 0 Å². The smallest absolute Gasteiger partial charge is 0.281 e. The van der Waals surface area contributed by atoms with Crippen molar-refractivity contribution in [3.05, 3.63) is 47.1 Å². The van der Waals surface area contributed by atoms with E-state index in [1.165, 1.54) is 0 Å². The first kappa shape index (κ1) is 14.1. The topological polar surface area (TPSA) is 73.2 Å². The van der Waals surface area contributed by atoms with Crippen molar-refractivity contribution in [2.45, 2.75) is 13.3 Å². The van der Waals surface area contributed by atoms with Crippen LogP contribution in [-0.2, 0) is 0 Å². The van der Waals surface area contributed by atoms with E-state index in [-0.39, 0.29) is 12.1 Å². The summed E-state index contributed by atoms with van der Waals surface area (Å²) < 4.78 is 5.31. The van der Waals surface area contributed by atoms with E-state index >= 15 is 0 Å². The van der Waals surface area contributed by atoms with Crippen molar-refractivity contribution in [1.29, 1.82) is 10.5 Å². The average Bonchev–Trinajstić information content (AvgIpc) is 2.43. The van der Waals surface area contributed by atoms with Gasteiger partial charge in [0, 0.05) is 11.4 Å². The summed E-state index contributed by atoms with van der Waals surface area (Å²) in [6.07, 6.45) is -0.0154. The van der Waals surface area contributed by atoms with Gasteiger partial charge in [-0.25, -0.2) is 10.1 Å². The summed E-state index contributed by atoms with van der Waals surface area (Å²) in [6, 6.07) is 10.8. The normalized spacial score (nSPS) is 10.4. The van der Waals surface area contributed by atoms with E-state index in [9.17, 15) is 0 Å². The molecule has 0 aliphatic rings. The van der Waals surface area contributed by atoms with Crippen LogP contribution >= 0.6 is 0 Å². The fourth-order valence-electron chi connectivity index (χ4n) is 1.40. The highest BCUT2D eigenvalue weighted by Crippen LogP contribution is 2.19. The fraction of sp³-hybridized carbons (Fsp3) is 0.214. The molecule has 0 unspecified atom stereocenters. The van der Waals surface area contributed by atoms with Gasteiger partial charge in [-0.05, 0) is 31.2 Å². The number of benzene rings is 1. The van der Waals surface area contributed by atoms with Gasteiger partial charge in [-0.3, -0.25) is 0 Å². The van der Waals surface area contributed by atoms with Gasteiger partial charge in [-0.2, -0.15) is 5.26 Å². The summed E-state index contributed by atoms with van der Waals surface area (Å²) in [6.45, 7) is 9.38. The van der Waals surface area contributed by atoms with E-state index < -0.39 is 0 Å². The molecule has 0 radical (unpaired) electrons. The third-order valence-electron chi connectivity index (χ3n) is 2.22. The summed E-state index contributed by atoms with van der Waals surface area (Å²) in [5.41, 5.74) is 0.907. The maximum atomic E-state index is 8.82. The number of allylic oxidation sites excluding steroid dienone is 2. The van der Waals surface area contributed by atoms with Gasteiger partial charge in [-0.1, -0.05) is 0 Å². The van der Waals surface area contributed by atoms with Gasteiger partial charge in [0.2, 0.25) is 0 Å². The molecule has 0 aliphatic heterocycles. The predicted octanol–water partition coefficient (Wildman–Crippen LogP) is 3.07. The Bertz CT molecular complexity index is 566. The Morgan fingerprint density at radius 3 is 2.53 bits per heavy atom. The van der Waals surface area contributed by atoms with E-state index in [1.807, 2.05) is 13.0 Å². The zero-order valence-corrected chi connectivity index (χ0v) is 10.5. The van der Waals surface area contributed by atoms with E-state index in [2.05, 4.69) is 10.2 Å². The molecule has 0 amide bonds. The SMILES string of the molecule is [C-]#[N+]/C(C#N)=C(/CC#N)Nc1ccc(OCC)cc1. The molecule has 1 aromatic carbocycles. The third-order valence-corrected chi connectivity index (χ3v) is 2.22. The Kier molecular flexibility index (Phi) is 5.47. The highest BCUT2D eigenvalue weighted by atomic mass is 16.5. The van der Waals surface area contributed by atoms with E-state index in [4.69, 9.17) is 21.8 Å². The maximum absolute atomic E-state index is 8.82. The predicted molar refractivity (Wildman–Crippen MR) is 70.7 cm³/mol. The molecule has 0 atom stereocenters. The van der Waals surface area contributed by atoms with Gasteiger partial charge in [0.1, 0.15) is 5.75 Å². The van der Waals surface area contributed by atoms with E-state index in [0.29, 0.717) is 18.0 Å². The van der Waals surface area contributed by atoms with Crippen molar-refractivity contribution < 1.29 is 4.74 Å². The Labute approximate surface area is 112 Å². The van der Waals surface area contributed by atoms with Crippen molar-refractivity contribution in [2.75, 3.05) is 11.9 Å². The van der Waals surface area contributed by atoms with E-state index in [0.717, 1.165) is 5.75 Å². The lowest BCUT2D eigenvalue weighted by atomic mass is 10.2. The molecule has 19 heavy (non-hydrogen) atoms. The molecule has 0 bridgehead atoms. The number of rotatable bonds is 5. The van der Waals surface area contributed by atoms with Gasteiger partial charge in [0.25, 0.3) is 5.70 Å². The molecular formula is C14H12N4O. The number of nitrogens with one attached hydrogen (secondary N) is 1. The van der Waals surface area contributed by atoms with Crippen LogP contribution in [0.15, 0.2) is 35.7 Å². The number of ether oxygens (including phenoxy) is 1. The Morgan fingerprint density at radius 1 is 1.37 bits per heavy atom. The standard InChI is InChI=1S/C14H12N4O/c1-3-19-12-6-4-11(5-7-12)18-13(8-9-15)14(10-16)17-2/h4-7,18H,3,8H2,1H3/b14-13-. The van der Waals surface area contributed by atoms with E-state index in [1.54, 1.807) is 30.3 Å². The van der Waals surface area contributed by atoms with Gasteiger partial charge in [0.15, 0.2) is 0 Å². The first-order valence-electron chi connectivity index (χ1n) is 5.62. The number of nitriles is 2. The molecule has 5 nitrogen and oxygen atoms in total. The summed E-state index contributed by atoms with van der Waals surface area (Å²) >= 11 is 0. The second kappa shape index (κ2) is 7.37. The van der Waals surface area contributed by atoms with Gasteiger partial charge >= 0.3 is 0 Å². The van der Waals surface area contributed by atoms with Crippen LogP contribution in [0, 0.1) is 29.2 Å². The molecular weight excluding hydrogens is 240 g/mol. The lowest BCUT2D eigenvalue weighted by molar-refractivity contribution is 0.340. The van der Waals surface area contributed by atoms with Crippen molar-refractivity contribution in [3.8, 4) is 17.9 Å². The zero-order chi connectivity index (χ0) is 14.1. The third kappa shape index (κ3) is 4.07. The molecule has 5 heteroatoms. The molecule has 0 saturated heterocycles. The molecule has 94 valence electrons. The summed E-state index contributed by atoms with van der Waals surface area (Å²) in [4.78, 5) is 3.10. The fourth-order valence-corrected chi connectivity index (χ4v) is 1.40. The van der Waals surface area contributed by atoms with Gasteiger partial charge < -0.3 is 10.1 Å². The average molecular weight is 252 g/mol. The number of hydrogen-bond acceptors (Lipinski definition) is 4. The quantitative estimate of drug-likeness (QED) is 0.645. The summed E-state index contributed by atoms with van der Waals surface area (Å²) in [7, 11) is 0. The number of nitrogens with zero attached hydrogens (tertiary/aromatic N) is 3. The largest absolute Gasteiger partial charge is 0.494 e. The molecule has 0 aromatic heterocycles. The lowest BCUT2D eigenvalue weighted by Gasteiger charge is -2.09. The van der Waals surface area contributed by atoms with Crippen LogP contribution < -0.4 is 10.1 Å². The number of anilines is 1. The highest BCUT2D eigenvalue weighted by Gasteiger charge is 2.06.